The molecule has 0 amide bonds. The molecule has 1 atom stereocenters. The molecule has 0 aliphatic heterocycles. The fourth-order valence-electron chi connectivity index (χ4n) is 2.92. The Morgan fingerprint density at radius 3 is 2.71 bits per heavy atom. The van der Waals surface area contributed by atoms with E-state index in [-0.39, 0.29) is 25.0 Å². The molecule has 5 heteroatoms. The Morgan fingerprint density at radius 1 is 1.29 bits per heavy atom. The number of pyridine rings is 1. The number of carbonyl (C=O) groups is 2. The van der Waals surface area contributed by atoms with Crippen LogP contribution in [0.25, 0.3) is 10.8 Å². The van der Waals surface area contributed by atoms with Gasteiger partial charge in [-0.3, -0.25) is 14.6 Å². The Hall–Kier alpha value is -2.74. The first-order chi connectivity index (χ1) is 11.6. The van der Waals surface area contributed by atoms with Gasteiger partial charge in [0.1, 0.15) is 5.41 Å². The van der Waals surface area contributed by atoms with Crippen molar-refractivity contribution < 1.29 is 14.3 Å². The number of hydrogen-bond acceptors (Lipinski definition) is 5. The molecule has 1 unspecified atom stereocenters. The smallest absolute Gasteiger partial charge is 0.320 e. The number of nitriles is 1. The number of benzene rings is 1. The zero-order valence-electron chi connectivity index (χ0n) is 13.9. The maximum atomic E-state index is 12.7. The van der Waals surface area contributed by atoms with Crippen LogP contribution in [0.4, 0.5) is 0 Å². The molecule has 0 bridgehead atoms. The first kappa shape index (κ1) is 17.6. The molecular formula is C19H20N2O3. The van der Waals surface area contributed by atoms with Crippen LogP contribution in [0.1, 0.15) is 31.9 Å². The molecular weight excluding hydrogens is 304 g/mol. The highest BCUT2D eigenvalue weighted by molar-refractivity contribution is 6.04. The average molecular weight is 324 g/mol. The minimum absolute atomic E-state index is 0.0629. The van der Waals surface area contributed by atoms with Crippen molar-refractivity contribution in [3.05, 3.63) is 42.2 Å². The molecule has 0 fully saturated rings. The second-order valence-electron chi connectivity index (χ2n) is 5.74. The quantitative estimate of drug-likeness (QED) is 0.577. The summed E-state index contributed by atoms with van der Waals surface area (Å²) in [5.74, 6) is -0.939. The Kier molecular flexibility index (Phi) is 5.64. The second-order valence-corrected chi connectivity index (χ2v) is 5.74. The van der Waals surface area contributed by atoms with Crippen molar-refractivity contribution in [3.63, 3.8) is 0 Å². The van der Waals surface area contributed by atoms with Gasteiger partial charge in [-0.05, 0) is 17.9 Å². The summed E-state index contributed by atoms with van der Waals surface area (Å²) >= 11 is 0. The molecule has 0 N–H and O–H groups in total. The van der Waals surface area contributed by atoms with E-state index in [9.17, 15) is 14.9 Å². The Bertz CT molecular complexity index is 789. The van der Waals surface area contributed by atoms with Gasteiger partial charge >= 0.3 is 5.97 Å². The van der Waals surface area contributed by atoms with Gasteiger partial charge in [0.05, 0.1) is 19.6 Å². The van der Waals surface area contributed by atoms with E-state index in [4.69, 9.17) is 4.74 Å². The Labute approximate surface area is 141 Å². The molecule has 124 valence electrons. The lowest BCUT2D eigenvalue weighted by atomic mass is 9.74. The van der Waals surface area contributed by atoms with E-state index >= 15 is 0 Å². The number of nitrogens with zero attached hydrogens (tertiary/aromatic N) is 2. The standard InChI is InChI=1S/C19H20N2O3/c1-3-6-17(22)19(10-11-20,18(23)24-2)13-16-15-8-5-4-7-14(15)9-12-21-16/h4-5,7-9,12H,3,6,10,13H2,1-2H3. The number of esters is 1. The first-order valence-corrected chi connectivity index (χ1v) is 7.90. The number of rotatable bonds is 7. The molecule has 1 aromatic carbocycles. The third-order valence-corrected chi connectivity index (χ3v) is 4.19. The molecule has 1 aromatic heterocycles. The van der Waals surface area contributed by atoms with Crippen molar-refractivity contribution in [2.75, 3.05) is 7.11 Å². The van der Waals surface area contributed by atoms with Crippen LogP contribution in [0.3, 0.4) is 0 Å². The Balaban J connectivity index is 2.56. The van der Waals surface area contributed by atoms with Crippen LogP contribution in [0, 0.1) is 16.7 Å². The van der Waals surface area contributed by atoms with Gasteiger partial charge in [0.2, 0.25) is 0 Å². The number of ether oxygens (including phenoxy) is 1. The molecule has 0 saturated carbocycles. The summed E-state index contributed by atoms with van der Waals surface area (Å²) in [7, 11) is 1.24. The molecule has 2 rings (SSSR count). The van der Waals surface area contributed by atoms with Crippen LogP contribution in [-0.2, 0) is 20.7 Å². The summed E-state index contributed by atoms with van der Waals surface area (Å²) in [5, 5.41) is 11.1. The topological polar surface area (TPSA) is 80.0 Å². The van der Waals surface area contributed by atoms with Crippen LogP contribution in [0.5, 0.6) is 0 Å². The lowest BCUT2D eigenvalue weighted by molar-refractivity contribution is -0.158. The van der Waals surface area contributed by atoms with Crippen LogP contribution in [-0.4, -0.2) is 23.8 Å². The summed E-state index contributed by atoms with van der Waals surface area (Å²) in [6.45, 7) is 1.86. The van der Waals surface area contributed by atoms with Gasteiger partial charge in [-0.15, -0.1) is 0 Å². The molecule has 0 aliphatic rings. The molecule has 2 aromatic rings. The number of Topliss-reactive ketones (excluding diaryl/α,β-unsaturated/α-hetero) is 1. The molecule has 0 spiro atoms. The lowest BCUT2D eigenvalue weighted by Gasteiger charge is -2.27. The highest BCUT2D eigenvalue weighted by Crippen LogP contribution is 2.33. The van der Waals surface area contributed by atoms with Crippen LogP contribution in [0.15, 0.2) is 36.5 Å². The maximum Gasteiger partial charge on any atom is 0.320 e. The fourth-order valence-corrected chi connectivity index (χ4v) is 2.92. The minimum atomic E-state index is -1.50. The molecule has 1 heterocycles. The van der Waals surface area contributed by atoms with E-state index in [2.05, 4.69) is 4.98 Å². The minimum Gasteiger partial charge on any atom is -0.468 e. The predicted octanol–water partition coefficient (Wildman–Crippen LogP) is 3.22. The maximum absolute atomic E-state index is 12.7. The normalized spacial score (nSPS) is 13.0. The fraction of sp³-hybridized carbons (Fsp3) is 0.368. The van der Waals surface area contributed by atoms with Gasteiger partial charge in [-0.2, -0.15) is 5.26 Å². The van der Waals surface area contributed by atoms with Crippen LogP contribution >= 0.6 is 0 Å². The predicted molar refractivity (Wildman–Crippen MR) is 90.0 cm³/mol. The summed E-state index contributed by atoms with van der Waals surface area (Å²) < 4.78 is 4.88. The number of fused-ring (bicyclic) bond motifs is 1. The molecule has 0 aliphatic carbocycles. The lowest BCUT2D eigenvalue weighted by Crippen LogP contribution is -2.42. The van der Waals surface area contributed by atoms with E-state index in [1.165, 1.54) is 7.11 Å². The van der Waals surface area contributed by atoms with Crippen molar-refractivity contribution >= 4 is 22.5 Å². The molecule has 0 saturated heterocycles. The summed E-state index contributed by atoms with van der Waals surface area (Å²) in [4.78, 5) is 29.5. The van der Waals surface area contributed by atoms with Gasteiger partial charge in [0, 0.05) is 30.1 Å². The third-order valence-electron chi connectivity index (χ3n) is 4.19. The molecule has 5 nitrogen and oxygen atoms in total. The number of ketones is 1. The Morgan fingerprint density at radius 2 is 2.04 bits per heavy atom. The zero-order valence-corrected chi connectivity index (χ0v) is 13.9. The van der Waals surface area contributed by atoms with E-state index in [0.29, 0.717) is 12.1 Å². The SMILES string of the molecule is CCCC(=O)C(CC#N)(Cc1nccc2ccccc12)C(=O)OC. The van der Waals surface area contributed by atoms with Crippen molar-refractivity contribution in [2.45, 2.75) is 32.6 Å². The van der Waals surface area contributed by atoms with Crippen molar-refractivity contribution in [1.82, 2.24) is 4.98 Å². The van der Waals surface area contributed by atoms with Crippen LogP contribution < -0.4 is 0 Å². The number of hydrogen-bond donors (Lipinski definition) is 0. The summed E-state index contributed by atoms with van der Waals surface area (Å²) in [5.41, 5.74) is -0.880. The van der Waals surface area contributed by atoms with Crippen LogP contribution in [0.2, 0.25) is 0 Å². The van der Waals surface area contributed by atoms with Gasteiger partial charge in [0.25, 0.3) is 0 Å². The highest BCUT2D eigenvalue weighted by atomic mass is 16.5. The van der Waals surface area contributed by atoms with E-state index in [0.717, 1.165) is 10.8 Å². The number of methoxy groups -OCH3 is 1. The largest absolute Gasteiger partial charge is 0.468 e. The van der Waals surface area contributed by atoms with Crippen molar-refractivity contribution in [1.29, 1.82) is 5.26 Å². The van der Waals surface area contributed by atoms with E-state index in [1.54, 1.807) is 6.20 Å². The molecule has 0 radical (unpaired) electrons. The number of carbonyl (C=O) groups excluding carboxylic acids is 2. The third kappa shape index (κ3) is 3.28. The highest BCUT2D eigenvalue weighted by Gasteiger charge is 2.46. The second kappa shape index (κ2) is 7.69. The average Bonchev–Trinajstić information content (AvgIpc) is 2.61. The van der Waals surface area contributed by atoms with Gasteiger partial charge < -0.3 is 4.74 Å². The van der Waals surface area contributed by atoms with Crippen molar-refractivity contribution in [2.24, 2.45) is 5.41 Å². The first-order valence-electron chi connectivity index (χ1n) is 7.90. The van der Waals surface area contributed by atoms with Crippen molar-refractivity contribution in [3.8, 4) is 6.07 Å². The van der Waals surface area contributed by atoms with E-state index in [1.807, 2.05) is 43.3 Å². The summed E-state index contributed by atoms with van der Waals surface area (Å²) in [6.07, 6.45) is 2.32. The molecule has 24 heavy (non-hydrogen) atoms. The van der Waals surface area contributed by atoms with Gasteiger partial charge in [-0.1, -0.05) is 31.2 Å². The van der Waals surface area contributed by atoms with E-state index < -0.39 is 11.4 Å². The van der Waals surface area contributed by atoms with Gasteiger partial charge in [0.15, 0.2) is 5.78 Å². The van der Waals surface area contributed by atoms with Gasteiger partial charge in [-0.25, -0.2) is 0 Å². The zero-order chi connectivity index (χ0) is 17.6. The monoisotopic (exact) mass is 324 g/mol. The number of aromatic nitrogens is 1. The summed E-state index contributed by atoms with van der Waals surface area (Å²) in [6, 6.07) is 11.5.